The summed E-state index contributed by atoms with van der Waals surface area (Å²) in [7, 11) is 0. The molecule has 5 nitrogen and oxygen atoms in total. The molecule has 2 aliphatic rings. The van der Waals surface area contributed by atoms with E-state index in [-0.39, 0.29) is 5.82 Å². The number of nitrogen functional groups attached to an aromatic ring is 1. The SMILES string of the molecule is Nc1n[nH]c2cc(OCC3CCC(=CC4COC4)CC3)cc(F)c12. The molecular weight excluding hydrogens is 309 g/mol. The van der Waals surface area contributed by atoms with Gasteiger partial charge in [0.25, 0.3) is 0 Å². The van der Waals surface area contributed by atoms with Crippen LogP contribution in [0.4, 0.5) is 10.2 Å². The van der Waals surface area contributed by atoms with E-state index in [0.717, 1.165) is 38.9 Å². The highest BCUT2D eigenvalue weighted by Crippen LogP contribution is 2.32. The highest BCUT2D eigenvalue weighted by Gasteiger charge is 2.21. The fourth-order valence-corrected chi connectivity index (χ4v) is 3.47. The minimum absolute atomic E-state index is 0.178. The van der Waals surface area contributed by atoms with E-state index in [4.69, 9.17) is 15.2 Å². The van der Waals surface area contributed by atoms with Crippen molar-refractivity contribution < 1.29 is 13.9 Å². The molecule has 1 aliphatic heterocycles. The summed E-state index contributed by atoms with van der Waals surface area (Å²) >= 11 is 0. The van der Waals surface area contributed by atoms with Gasteiger partial charge in [-0.05, 0) is 31.6 Å². The molecule has 0 radical (unpaired) electrons. The molecule has 4 rings (SSSR count). The third kappa shape index (κ3) is 3.11. The van der Waals surface area contributed by atoms with Crippen LogP contribution in [-0.2, 0) is 4.74 Å². The molecule has 1 saturated heterocycles. The fourth-order valence-electron chi connectivity index (χ4n) is 3.47. The van der Waals surface area contributed by atoms with E-state index in [1.807, 2.05) is 0 Å². The smallest absolute Gasteiger partial charge is 0.156 e. The van der Waals surface area contributed by atoms with Crippen molar-refractivity contribution in [3.05, 3.63) is 29.6 Å². The van der Waals surface area contributed by atoms with Gasteiger partial charge in [0.2, 0.25) is 0 Å². The van der Waals surface area contributed by atoms with E-state index in [1.54, 1.807) is 11.6 Å². The predicted molar refractivity (Wildman–Crippen MR) is 90.3 cm³/mol. The van der Waals surface area contributed by atoms with E-state index < -0.39 is 5.82 Å². The van der Waals surface area contributed by atoms with Crippen molar-refractivity contribution in [1.82, 2.24) is 10.2 Å². The van der Waals surface area contributed by atoms with E-state index in [1.165, 1.54) is 6.07 Å². The van der Waals surface area contributed by atoms with Gasteiger partial charge in [0, 0.05) is 18.1 Å². The molecule has 3 N–H and O–H groups in total. The zero-order chi connectivity index (χ0) is 16.5. The summed E-state index contributed by atoms with van der Waals surface area (Å²) < 4.78 is 25.1. The van der Waals surface area contributed by atoms with Crippen molar-refractivity contribution in [2.24, 2.45) is 11.8 Å². The summed E-state index contributed by atoms with van der Waals surface area (Å²) in [6.07, 6.45) is 6.92. The molecule has 0 amide bonds. The van der Waals surface area contributed by atoms with Crippen molar-refractivity contribution >= 4 is 16.7 Å². The van der Waals surface area contributed by atoms with Gasteiger partial charge in [-0.2, -0.15) is 5.10 Å². The Balaban J connectivity index is 1.33. The van der Waals surface area contributed by atoms with Gasteiger partial charge in [-0.15, -0.1) is 0 Å². The second kappa shape index (κ2) is 6.43. The number of hydrogen-bond donors (Lipinski definition) is 2. The fraction of sp³-hybridized carbons (Fsp3) is 0.500. The number of benzene rings is 1. The first-order valence-corrected chi connectivity index (χ1v) is 8.52. The molecule has 24 heavy (non-hydrogen) atoms. The molecule has 1 saturated carbocycles. The molecule has 1 aromatic carbocycles. The number of halogens is 1. The summed E-state index contributed by atoms with van der Waals surface area (Å²) in [5, 5.41) is 6.89. The number of nitrogens with two attached hydrogens (primary N) is 1. The van der Waals surface area contributed by atoms with E-state index in [0.29, 0.717) is 35.1 Å². The number of fused-ring (bicyclic) bond motifs is 1. The molecular formula is C18H22FN3O2. The monoisotopic (exact) mass is 331 g/mol. The Morgan fingerprint density at radius 2 is 2.12 bits per heavy atom. The Bertz CT molecular complexity index is 757. The summed E-state index contributed by atoms with van der Waals surface area (Å²) in [6, 6.07) is 3.14. The Morgan fingerprint density at radius 3 is 2.83 bits per heavy atom. The third-order valence-electron chi connectivity index (χ3n) is 4.99. The summed E-state index contributed by atoms with van der Waals surface area (Å²) in [5.74, 6) is 1.45. The lowest BCUT2D eigenvalue weighted by Gasteiger charge is -2.28. The van der Waals surface area contributed by atoms with E-state index in [9.17, 15) is 4.39 Å². The normalized spacial score (nSPS) is 21.7. The average molecular weight is 331 g/mol. The second-order valence-corrected chi connectivity index (χ2v) is 6.81. The number of rotatable bonds is 4. The number of nitrogens with one attached hydrogen (secondary N) is 1. The lowest BCUT2D eigenvalue weighted by Crippen LogP contribution is -2.26. The Labute approximate surface area is 140 Å². The maximum atomic E-state index is 14.1. The van der Waals surface area contributed by atoms with Crippen LogP contribution in [-0.4, -0.2) is 30.0 Å². The Kier molecular flexibility index (Phi) is 4.14. The zero-order valence-corrected chi connectivity index (χ0v) is 13.6. The van der Waals surface area contributed by atoms with Crippen LogP contribution < -0.4 is 10.5 Å². The standard InChI is InChI=1S/C18H22FN3O2/c19-15-6-14(7-16-17(15)18(20)22-21-16)24-10-12-3-1-11(2-4-12)5-13-8-23-9-13/h5-7,12-13H,1-4,8-10H2,(H3,20,21,22). The van der Waals surface area contributed by atoms with Crippen molar-refractivity contribution in [1.29, 1.82) is 0 Å². The van der Waals surface area contributed by atoms with Gasteiger partial charge in [-0.1, -0.05) is 11.6 Å². The summed E-state index contributed by atoms with van der Waals surface area (Å²) in [4.78, 5) is 0. The second-order valence-electron chi connectivity index (χ2n) is 6.81. The molecule has 6 heteroatoms. The van der Waals surface area contributed by atoms with Crippen LogP contribution in [0.15, 0.2) is 23.8 Å². The number of H-pyrrole nitrogens is 1. The van der Waals surface area contributed by atoms with Gasteiger partial charge in [-0.25, -0.2) is 4.39 Å². The van der Waals surface area contributed by atoms with Gasteiger partial charge in [0.15, 0.2) is 5.82 Å². The zero-order valence-electron chi connectivity index (χ0n) is 13.6. The topological polar surface area (TPSA) is 73.2 Å². The molecule has 0 unspecified atom stereocenters. The van der Waals surface area contributed by atoms with Crippen molar-refractivity contribution in [3.8, 4) is 5.75 Å². The van der Waals surface area contributed by atoms with Crippen LogP contribution >= 0.6 is 0 Å². The quantitative estimate of drug-likeness (QED) is 0.842. The minimum atomic E-state index is -0.398. The average Bonchev–Trinajstić information content (AvgIpc) is 2.92. The molecule has 1 aromatic heterocycles. The van der Waals surface area contributed by atoms with Crippen molar-refractivity contribution in [2.45, 2.75) is 25.7 Å². The first-order valence-electron chi connectivity index (χ1n) is 8.52. The van der Waals surface area contributed by atoms with Crippen LogP contribution in [0.2, 0.25) is 0 Å². The molecule has 0 spiro atoms. The molecule has 128 valence electrons. The van der Waals surface area contributed by atoms with Crippen LogP contribution in [0.25, 0.3) is 10.9 Å². The number of nitrogens with zero attached hydrogens (tertiary/aromatic N) is 1. The number of aromatic amines is 1. The molecule has 0 atom stereocenters. The summed E-state index contributed by atoms with van der Waals surface area (Å²) in [5.41, 5.74) is 7.77. The molecule has 1 aliphatic carbocycles. The molecule has 2 heterocycles. The number of aromatic nitrogens is 2. The van der Waals surface area contributed by atoms with Gasteiger partial charge < -0.3 is 15.2 Å². The summed E-state index contributed by atoms with van der Waals surface area (Å²) in [6.45, 7) is 2.37. The molecule has 2 fully saturated rings. The maximum absolute atomic E-state index is 14.1. The first kappa shape index (κ1) is 15.4. The minimum Gasteiger partial charge on any atom is -0.493 e. The molecule has 0 bridgehead atoms. The number of ether oxygens (including phenoxy) is 2. The van der Waals surface area contributed by atoms with Crippen LogP contribution in [0.1, 0.15) is 25.7 Å². The van der Waals surface area contributed by atoms with E-state index >= 15 is 0 Å². The largest absolute Gasteiger partial charge is 0.493 e. The highest BCUT2D eigenvalue weighted by atomic mass is 19.1. The molecule has 2 aromatic rings. The lowest BCUT2D eigenvalue weighted by atomic mass is 9.84. The Morgan fingerprint density at radius 1 is 1.33 bits per heavy atom. The van der Waals surface area contributed by atoms with E-state index in [2.05, 4.69) is 16.3 Å². The van der Waals surface area contributed by atoms with Crippen molar-refractivity contribution in [3.63, 3.8) is 0 Å². The number of allylic oxidation sites excluding steroid dienone is 1. The number of anilines is 1. The Hall–Kier alpha value is -2.08. The number of hydrogen-bond acceptors (Lipinski definition) is 4. The van der Waals surface area contributed by atoms with Crippen LogP contribution in [0, 0.1) is 17.7 Å². The van der Waals surface area contributed by atoms with Gasteiger partial charge >= 0.3 is 0 Å². The predicted octanol–water partition coefficient (Wildman–Crippen LogP) is 3.43. The first-order chi connectivity index (χ1) is 11.7. The van der Waals surface area contributed by atoms with Gasteiger partial charge in [0.1, 0.15) is 11.6 Å². The van der Waals surface area contributed by atoms with Crippen molar-refractivity contribution in [2.75, 3.05) is 25.6 Å². The maximum Gasteiger partial charge on any atom is 0.156 e. The third-order valence-corrected chi connectivity index (χ3v) is 4.99. The van der Waals surface area contributed by atoms with Crippen LogP contribution in [0.3, 0.4) is 0 Å². The highest BCUT2D eigenvalue weighted by molar-refractivity contribution is 5.90. The lowest BCUT2D eigenvalue weighted by molar-refractivity contribution is -0.00830. The van der Waals surface area contributed by atoms with Gasteiger partial charge in [0.05, 0.1) is 30.7 Å². The van der Waals surface area contributed by atoms with Crippen LogP contribution in [0.5, 0.6) is 5.75 Å². The van der Waals surface area contributed by atoms with Gasteiger partial charge in [-0.3, -0.25) is 5.10 Å².